The van der Waals surface area contributed by atoms with Crippen molar-refractivity contribution in [1.82, 2.24) is 10.2 Å². The van der Waals surface area contributed by atoms with E-state index >= 15 is 0 Å². The van der Waals surface area contributed by atoms with Crippen molar-refractivity contribution in [1.29, 1.82) is 0 Å². The molecule has 0 radical (unpaired) electrons. The fraction of sp³-hybridized carbons (Fsp3) is 0.435. The first-order valence-corrected chi connectivity index (χ1v) is 10.1. The van der Waals surface area contributed by atoms with Crippen molar-refractivity contribution in [3.63, 3.8) is 0 Å². The summed E-state index contributed by atoms with van der Waals surface area (Å²) in [6.07, 6.45) is 5.25. The summed E-state index contributed by atoms with van der Waals surface area (Å²) in [5.74, 6) is -0.0327. The van der Waals surface area contributed by atoms with E-state index in [1.807, 2.05) is 37.4 Å². The van der Waals surface area contributed by atoms with Crippen LogP contribution in [0.2, 0.25) is 0 Å². The largest absolute Gasteiger partial charge is 0.324 e. The second-order valence-electron chi connectivity index (χ2n) is 7.96. The van der Waals surface area contributed by atoms with Crippen LogP contribution >= 0.6 is 0 Å². The molecule has 4 nitrogen and oxygen atoms in total. The summed E-state index contributed by atoms with van der Waals surface area (Å²) in [7, 11) is 1.82. The monoisotopic (exact) mass is 363 g/mol. The molecule has 1 unspecified atom stereocenters. The molecule has 4 heteroatoms. The minimum Gasteiger partial charge on any atom is -0.324 e. The average molecular weight is 364 g/mol. The van der Waals surface area contributed by atoms with Crippen molar-refractivity contribution in [2.24, 2.45) is 0 Å². The molecule has 1 heterocycles. The van der Waals surface area contributed by atoms with E-state index in [9.17, 15) is 4.79 Å². The molecular formula is C23H29N3O. The van der Waals surface area contributed by atoms with Gasteiger partial charge in [-0.05, 0) is 69.1 Å². The third-order valence-corrected chi connectivity index (χ3v) is 6.03. The molecule has 1 aliphatic heterocycles. The van der Waals surface area contributed by atoms with E-state index in [0.717, 1.165) is 11.3 Å². The molecule has 1 amide bonds. The highest BCUT2D eigenvalue weighted by Crippen LogP contribution is 2.49. The molecule has 27 heavy (non-hydrogen) atoms. The maximum absolute atomic E-state index is 12.7. The van der Waals surface area contributed by atoms with Crippen LogP contribution in [-0.2, 0) is 10.2 Å². The Kier molecular flexibility index (Phi) is 5.28. The Morgan fingerprint density at radius 1 is 1.04 bits per heavy atom. The summed E-state index contributed by atoms with van der Waals surface area (Å²) < 4.78 is 0. The Morgan fingerprint density at radius 3 is 2.30 bits per heavy atom. The number of hydrogen-bond donors (Lipinski definition) is 2. The van der Waals surface area contributed by atoms with Crippen LogP contribution < -0.4 is 10.6 Å². The maximum Gasteiger partial charge on any atom is 0.246 e. The molecule has 2 fully saturated rings. The standard InChI is InChI=1S/C23H29N3O/c1-24-21(18-7-3-2-4-8-18)22(27)25-20-11-9-19(10-12-20)23(13-14-23)17-26-15-5-6-16-26/h2-4,7-12,21,24H,5-6,13-17H2,1H3,(H,25,27). The zero-order valence-corrected chi connectivity index (χ0v) is 16.1. The molecule has 0 spiro atoms. The number of benzene rings is 2. The summed E-state index contributed by atoms with van der Waals surface area (Å²) in [5.41, 5.74) is 3.60. The number of likely N-dealkylation sites (N-methyl/N-ethyl adjacent to an activating group) is 1. The summed E-state index contributed by atoms with van der Waals surface area (Å²) in [6.45, 7) is 3.69. The Morgan fingerprint density at radius 2 is 1.70 bits per heavy atom. The fourth-order valence-corrected chi connectivity index (χ4v) is 4.27. The van der Waals surface area contributed by atoms with Gasteiger partial charge in [-0.15, -0.1) is 0 Å². The van der Waals surface area contributed by atoms with Crippen LogP contribution in [0, 0.1) is 0 Å². The lowest BCUT2D eigenvalue weighted by molar-refractivity contribution is -0.118. The van der Waals surface area contributed by atoms with Crippen LogP contribution in [0.1, 0.15) is 42.9 Å². The summed E-state index contributed by atoms with van der Waals surface area (Å²) in [4.78, 5) is 15.3. The highest BCUT2D eigenvalue weighted by Gasteiger charge is 2.45. The minimum atomic E-state index is -0.351. The summed E-state index contributed by atoms with van der Waals surface area (Å²) in [6, 6.07) is 18.0. The van der Waals surface area contributed by atoms with Gasteiger partial charge in [-0.2, -0.15) is 0 Å². The predicted octanol–water partition coefficient (Wildman–Crippen LogP) is 3.71. The van der Waals surface area contributed by atoms with Crippen LogP contribution in [0.5, 0.6) is 0 Å². The Labute approximate surface area is 162 Å². The number of anilines is 1. The third-order valence-electron chi connectivity index (χ3n) is 6.03. The van der Waals surface area contributed by atoms with Crippen molar-refractivity contribution < 1.29 is 4.79 Å². The van der Waals surface area contributed by atoms with Gasteiger partial charge in [0.2, 0.25) is 5.91 Å². The lowest BCUT2D eigenvalue weighted by Crippen LogP contribution is -2.31. The molecule has 1 atom stereocenters. The molecule has 2 aromatic carbocycles. The molecule has 1 saturated heterocycles. The van der Waals surface area contributed by atoms with Crippen LogP contribution in [0.3, 0.4) is 0 Å². The summed E-state index contributed by atoms with van der Waals surface area (Å²) >= 11 is 0. The van der Waals surface area contributed by atoms with Gasteiger partial charge in [0.05, 0.1) is 0 Å². The summed E-state index contributed by atoms with van der Waals surface area (Å²) in [5, 5.41) is 6.16. The SMILES string of the molecule is CNC(C(=O)Nc1ccc(C2(CN3CCCC3)CC2)cc1)c1ccccc1. The average Bonchev–Trinajstić information content (AvgIpc) is 3.29. The Hall–Kier alpha value is -2.17. The first kappa shape index (κ1) is 18.2. The molecule has 0 aromatic heterocycles. The van der Waals surface area contributed by atoms with Crippen molar-refractivity contribution in [2.75, 3.05) is 32.0 Å². The number of amides is 1. The molecular weight excluding hydrogens is 334 g/mol. The smallest absolute Gasteiger partial charge is 0.246 e. The first-order chi connectivity index (χ1) is 13.2. The second kappa shape index (κ2) is 7.83. The number of rotatable bonds is 7. The van der Waals surface area contributed by atoms with Gasteiger partial charge >= 0.3 is 0 Å². The highest BCUT2D eigenvalue weighted by atomic mass is 16.2. The fourth-order valence-electron chi connectivity index (χ4n) is 4.27. The van der Waals surface area contributed by atoms with Gasteiger partial charge in [0.25, 0.3) is 0 Å². The van der Waals surface area contributed by atoms with Crippen molar-refractivity contribution in [3.05, 3.63) is 65.7 Å². The third kappa shape index (κ3) is 4.07. The zero-order chi connectivity index (χ0) is 18.7. The molecule has 142 valence electrons. The number of likely N-dealkylation sites (tertiary alicyclic amines) is 1. The number of nitrogens with zero attached hydrogens (tertiary/aromatic N) is 1. The van der Waals surface area contributed by atoms with Gasteiger partial charge in [-0.1, -0.05) is 42.5 Å². The minimum absolute atomic E-state index is 0.0327. The first-order valence-electron chi connectivity index (χ1n) is 10.1. The zero-order valence-electron chi connectivity index (χ0n) is 16.1. The Balaban J connectivity index is 1.41. The number of hydrogen-bond acceptors (Lipinski definition) is 3. The van der Waals surface area contributed by atoms with Crippen molar-refractivity contribution in [2.45, 2.75) is 37.1 Å². The van der Waals surface area contributed by atoms with Gasteiger partial charge in [0.15, 0.2) is 0 Å². The van der Waals surface area contributed by atoms with Gasteiger partial charge in [0.1, 0.15) is 6.04 Å². The Bertz CT molecular complexity index is 762. The molecule has 2 N–H and O–H groups in total. The predicted molar refractivity (Wildman–Crippen MR) is 110 cm³/mol. The van der Waals surface area contributed by atoms with Gasteiger partial charge in [0, 0.05) is 17.6 Å². The molecule has 0 bridgehead atoms. The molecule has 2 aromatic rings. The van der Waals surface area contributed by atoms with E-state index in [1.54, 1.807) is 0 Å². The quantitative estimate of drug-likeness (QED) is 0.788. The number of carbonyl (C=O) groups excluding carboxylic acids is 1. The van der Waals surface area contributed by atoms with E-state index in [4.69, 9.17) is 0 Å². The second-order valence-corrected chi connectivity index (χ2v) is 7.96. The van der Waals surface area contributed by atoms with Crippen molar-refractivity contribution in [3.8, 4) is 0 Å². The normalized spacial score (nSPS) is 19.6. The number of nitrogens with one attached hydrogen (secondary N) is 2. The molecule has 1 saturated carbocycles. The van der Waals surface area contributed by atoms with Crippen LogP contribution in [-0.4, -0.2) is 37.5 Å². The topological polar surface area (TPSA) is 44.4 Å². The molecule has 2 aliphatic rings. The van der Waals surface area contributed by atoms with E-state index in [-0.39, 0.29) is 11.9 Å². The van der Waals surface area contributed by atoms with Gasteiger partial charge < -0.3 is 15.5 Å². The van der Waals surface area contributed by atoms with E-state index < -0.39 is 0 Å². The lowest BCUT2D eigenvalue weighted by Gasteiger charge is -2.23. The van der Waals surface area contributed by atoms with E-state index in [2.05, 4.69) is 39.8 Å². The van der Waals surface area contributed by atoms with Crippen LogP contribution in [0.25, 0.3) is 0 Å². The van der Waals surface area contributed by atoms with Gasteiger partial charge in [-0.25, -0.2) is 0 Å². The van der Waals surface area contributed by atoms with E-state index in [0.29, 0.717) is 5.41 Å². The van der Waals surface area contributed by atoms with Crippen LogP contribution in [0.4, 0.5) is 5.69 Å². The van der Waals surface area contributed by atoms with Crippen molar-refractivity contribution >= 4 is 11.6 Å². The van der Waals surface area contributed by atoms with Crippen LogP contribution in [0.15, 0.2) is 54.6 Å². The van der Waals surface area contributed by atoms with Gasteiger partial charge in [-0.3, -0.25) is 4.79 Å². The molecule has 1 aliphatic carbocycles. The maximum atomic E-state index is 12.7. The highest BCUT2D eigenvalue weighted by molar-refractivity contribution is 5.95. The molecule has 4 rings (SSSR count). The number of carbonyl (C=O) groups is 1. The lowest BCUT2D eigenvalue weighted by atomic mass is 9.95. The van der Waals surface area contributed by atoms with E-state index in [1.165, 1.54) is 50.9 Å².